The van der Waals surface area contributed by atoms with Crippen molar-refractivity contribution in [2.75, 3.05) is 13.7 Å². The van der Waals surface area contributed by atoms with E-state index in [0.29, 0.717) is 6.61 Å². The highest BCUT2D eigenvalue weighted by atomic mass is 16.7. The van der Waals surface area contributed by atoms with Crippen molar-refractivity contribution in [1.29, 1.82) is 0 Å². The molecular weight excluding hydrogens is 122 g/mol. The zero-order chi connectivity index (χ0) is 6.85. The molecule has 0 spiro atoms. The van der Waals surface area contributed by atoms with Gasteiger partial charge in [0, 0.05) is 0 Å². The van der Waals surface area contributed by atoms with Crippen molar-refractivity contribution in [3.8, 4) is 0 Å². The predicted molar refractivity (Wildman–Crippen MR) is 29.7 cm³/mol. The lowest BCUT2D eigenvalue weighted by atomic mass is 10.4. The number of cyclic esters (lactones) is 1. The van der Waals surface area contributed by atoms with Crippen molar-refractivity contribution < 1.29 is 14.4 Å². The summed E-state index contributed by atoms with van der Waals surface area (Å²) in [6.07, 6.45) is -0.398. The van der Waals surface area contributed by atoms with Crippen LogP contribution in [0.1, 0.15) is 6.92 Å². The summed E-state index contributed by atoms with van der Waals surface area (Å²) in [6, 6.07) is 0.0440. The highest BCUT2D eigenvalue weighted by Gasteiger charge is 2.29. The lowest BCUT2D eigenvalue weighted by Crippen LogP contribution is -2.29. The number of carbonyl (C=O) groups is 1. The van der Waals surface area contributed by atoms with Crippen LogP contribution in [0.2, 0.25) is 0 Å². The molecule has 0 saturated carbocycles. The Balaban J connectivity index is 2.55. The van der Waals surface area contributed by atoms with Crippen molar-refractivity contribution in [1.82, 2.24) is 5.06 Å². The van der Waals surface area contributed by atoms with Crippen LogP contribution in [0.15, 0.2) is 0 Å². The number of rotatable bonds is 1. The van der Waals surface area contributed by atoms with Crippen LogP contribution in [0.5, 0.6) is 0 Å². The van der Waals surface area contributed by atoms with Crippen LogP contribution in [0.3, 0.4) is 0 Å². The van der Waals surface area contributed by atoms with Crippen molar-refractivity contribution in [2.45, 2.75) is 13.0 Å². The standard InChI is InChI=1S/C5H9NO3/c1-4-3-9-5(7)6(4)8-2/h4H,3H2,1-2H3. The first-order valence-electron chi connectivity index (χ1n) is 2.76. The minimum Gasteiger partial charge on any atom is -0.446 e. The van der Waals surface area contributed by atoms with Crippen molar-refractivity contribution in [3.05, 3.63) is 0 Å². The highest BCUT2D eigenvalue weighted by Crippen LogP contribution is 2.09. The van der Waals surface area contributed by atoms with Gasteiger partial charge in [0.05, 0.1) is 13.2 Å². The van der Waals surface area contributed by atoms with Crippen LogP contribution in [0, 0.1) is 0 Å². The van der Waals surface area contributed by atoms with Gasteiger partial charge < -0.3 is 4.74 Å². The Hall–Kier alpha value is -0.770. The Morgan fingerprint density at radius 2 is 2.56 bits per heavy atom. The topological polar surface area (TPSA) is 38.8 Å². The molecule has 4 nitrogen and oxygen atoms in total. The molecule has 4 heteroatoms. The van der Waals surface area contributed by atoms with E-state index in [1.54, 1.807) is 0 Å². The minimum absolute atomic E-state index is 0.0440. The van der Waals surface area contributed by atoms with E-state index in [-0.39, 0.29) is 6.04 Å². The first-order chi connectivity index (χ1) is 4.25. The van der Waals surface area contributed by atoms with Gasteiger partial charge in [0.2, 0.25) is 0 Å². The van der Waals surface area contributed by atoms with Gasteiger partial charge in [0.15, 0.2) is 0 Å². The lowest BCUT2D eigenvalue weighted by Gasteiger charge is -2.12. The minimum atomic E-state index is -0.398. The average Bonchev–Trinajstić information content (AvgIpc) is 2.12. The van der Waals surface area contributed by atoms with Crippen molar-refractivity contribution >= 4 is 6.09 Å². The van der Waals surface area contributed by atoms with E-state index in [4.69, 9.17) is 4.84 Å². The zero-order valence-electron chi connectivity index (χ0n) is 5.46. The van der Waals surface area contributed by atoms with Gasteiger partial charge in [-0.15, -0.1) is 0 Å². The molecule has 1 unspecified atom stereocenters. The molecule has 1 heterocycles. The van der Waals surface area contributed by atoms with Gasteiger partial charge in [-0.05, 0) is 6.92 Å². The van der Waals surface area contributed by atoms with Gasteiger partial charge in [0.1, 0.15) is 6.61 Å². The van der Waals surface area contributed by atoms with Crippen molar-refractivity contribution in [3.63, 3.8) is 0 Å². The summed E-state index contributed by atoms with van der Waals surface area (Å²) >= 11 is 0. The molecule has 0 aromatic heterocycles. The fraction of sp³-hybridized carbons (Fsp3) is 0.800. The smallest absolute Gasteiger partial charge is 0.434 e. The second-order valence-corrected chi connectivity index (χ2v) is 1.93. The summed E-state index contributed by atoms with van der Waals surface area (Å²) < 4.78 is 4.63. The molecule has 52 valence electrons. The second-order valence-electron chi connectivity index (χ2n) is 1.93. The molecule has 0 aromatic carbocycles. The first-order valence-corrected chi connectivity index (χ1v) is 2.76. The summed E-state index contributed by atoms with van der Waals surface area (Å²) in [5.41, 5.74) is 0. The summed E-state index contributed by atoms with van der Waals surface area (Å²) in [5.74, 6) is 0. The van der Waals surface area contributed by atoms with Crippen LogP contribution < -0.4 is 0 Å². The number of ether oxygens (including phenoxy) is 1. The number of carbonyl (C=O) groups excluding carboxylic acids is 1. The normalized spacial score (nSPS) is 26.7. The van der Waals surface area contributed by atoms with Gasteiger partial charge in [-0.1, -0.05) is 0 Å². The van der Waals surface area contributed by atoms with E-state index in [1.165, 1.54) is 12.2 Å². The molecule has 0 N–H and O–H groups in total. The molecule has 1 atom stereocenters. The highest BCUT2D eigenvalue weighted by molar-refractivity contribution is 5.68. The van der Waals surface area contributed by atoms with Gasteiger partial charge in [0.25, 0.3) is 0 Å². The van der Waals surface area contributed by atoms with E-state index in [9.17, 15) is 4.79 Å². The fourth-order valence-corrected chi connectivity index (χ4v) is 0.758. The summed E-state index contributed by atoms with van der Waals surface area (Å²) in [6.45, 7) is 2.28. The first kappa shape index (κ1) is 6.35. The maximum absolute atomic E-state index is 10.6. The van der Waals surface area contributed by atoms with E-state index in [1.807, 2.05) is 6.92 Å². The summed E-state index contributed by atoms with van der Waals surface area (Å²) in [7, 11) is 1.45. The Kier molecular flexibility index (Phi) is 1.57. The quantitative estimate of drug-likeness (QED) is 0.516. The summed E-state index contributed by atoms with van der Waals surface area (Å²) in [5, 5.41) is 1.21. The number of amides is 1. The third-order valence-electron chi connectivity index (χ3n) is 1.22. The van der Waals surface area contributed by atoms with E-state index >= 15 is 0 Å². The molecule has 1 aliphatic heterocycles. The number of hydrogen-bond acceptors (Lipinski definition) is 3. The zero-order valence-corrected chi connectivity index (χ0v) is 5.46. The number of hydroxylamine groups is 2. The molecule has 1 saturated heterocycles. The van der Waals surface area contributed by atoms with Crippen LogP contribution in [-0.4, -0.2) is 30.9 Å². The second kappa shape index (κ2) is 2.23. The molecular formula is C5H9NO3. The molecule has 1 aliphatic rings. The van der Waals surface area contributed by atoms with Crippen LogP contribution in [0.25, 0.3) is 0 Å². The van der Waals surface area contributed by atoms with Crippen molar-refractivity contribution in [2.24, 2.45) is 0 Å². The molecule has 9 heavy (non-hydrogen) atoms. The summed E-state index contributed by atoms with van der Waals surface area (Å²) in [4.78, 5) is 15.3. The fourth-order valence-electron chi connectivity index (χ4n) is 0.758. The van der Waals surface area contributed by atoms with E-state index in [2.05, 4.69) is 4.74 Å². The SMILES string of the molecule is CON1C(=O)OCC1C. The van der Waals surface area contributed by atoms with Gasteiger partial charge in [-0.3, -0.25) is 4.84 Å². The van der Waals surface area contributed by atoms with E-state index in [0.717, 1.165) is 0 Å². The Morgan fingerprint density at radius 1 is 1.89 bits per heavy atom. The number of nitrogens with zero attached hydrogens (tertiary/aromatic N) is 1. The molecule has 0 aromatic rings. The van der Waals surface area contributed by atoms with E-state index < -0.39 is 6.09 Å². The Bertz CT molecular complexity index is 125. The van der Waals surface area contributed by atoms with Crippen LogP contribution >= 0.6 is 0 Å². The third kappa shape index (κ3) is 0.977. The molecule has 0 bridgehead atoms. The molecule has 1 amide bonds. The number of hydrogen-bond donors (Lipinski definition) is 0. The monoisotopic (exact) mass is 131 g/mol. The largest absolute Gasteiger partial charge is 0.446 e. The third-order valence-corrected chi connectivity index (χ3v) is 1.22. The maximum atomic E-state index is 10.6. The van der Waals surface area contributed by atoms with Crippen LogP contribution in [0.4, 0.5) is 4.79 Å². The maximum Gasteiger partial charge on any atom is 0.434 e. The van der Waals surface area contributed by atoms with Gasteiger partial charge >= 0.3 is 6.09 Å². The molecule has 0 aliphatic carbocycles. The molecule has 1 fully saturated rings. The molecule has 1 rings (SSSR count). The van der Waals surface area contributed by atoms with Crippen LogP contribution in [-0.2, 0) is 9.57 Å². The lowest BCUT2D eigenvalue weighted by molar-refractivity contribution is -0.0969. The van der Waals surface area contributed by atoms with Gasteiger partial charge in [-0.25, -0.2) is 4.79 Å². The Labute approximate surface area is 53.3 Å². The average molecular weight is 131 g/mol. The van der Waals surface area contributed by atoms with Gasteiger partial charge in [-0.2, -0.15) is 5.06 Å². The Morgan fingerprint density at radius 3 is 2.78 bits per heavy atom. The molecule has 0 radical (unpaired) electrons. The predicted octanol–water partition coefficient (Wildman–Crippen LogP) is 0.388.